The van der Waals surface area contributed by atoms with E-state index in [1.54, 1.807) is 6.20 Å². The Balaban J connectivity index is 2.27. The van der Waals surface area contributed by atoms with Crippen molar-refractivity contribution in [3.8, 4) is 0 Å². The van der Waals surface area contributed by atoms with Crippen LogP contribution in [0.25, 0.3) is 10.9 Å². The molecule has 0 saturated heterocycles. The first-order chi connectivity index (χ1) is 7.22. The Morgan fingerprint density at radius 1 is 1.33 bits per heavy atom. The second kappa shape index (κ2) is 2.80. The zero-order valence-corrected chi connectivity index (χ0v) is 8.64. The molecule has 2 heteroatoms. The smallest absolute Gasteiger partial charge is 0.0933 e. The van der Waals surface area contributed by atoms with E-state index < -0.39 is 5.60 Å². The maximum Gasteiger partial charge on any atom is 0.0933 e. The summed E-state index contributed by atoms with van der Waals surface area (Å²) in [5.74, 6) is 0.364. The summed E-state index contributed by atoms with van der Waals surface area (Å²) < 4.78 is 0. The van der Waals surface area contributed by atoms with E-state index in [9.17, 15) is 5.11 Å². The van der Waals surface area contributed by atoms with Crippen LogP contribution in [0, 0.1) is 5.92 Å². The van der Waals surface area contributed by atoms with Crippen molar-refractivity contribution in [2.75, 3.05) is 0 Å². The molecule has 0 amide bonds. The minimum atomic E-state index is -0.609. The summed E-state index contributed by atoms with van der Waals surface area (Å²) in [5, 5.41) is 11.4. The van der Waals surface area contributed by atoms with Crippen molar-refractivity contribution in [2.24, 2.45) is 5.92 Å². The predicted octanol–water partition coefficient (Wildman–Crippen LogP) is 2.46. The summed E-state index contributed by atoms with van der Waals surface area (Å²) in [7, 11) is 0. The predicted molar refractivity (Wildman–Crippen MR) is 59.4 cm³/mol. The molecule has 2 nitrogen and oxygen atoms in total. The van der Waals surface area contributed by atoms with E-state index >= 15 is 0 Å². The molecule has 1 N–H and O–H groups in total. The molecule has 1 aliphatic rings. The van der Waals surface area contributed by atoms with Gasteiger partial charge in [0.15, 0.2) is 0 Å². The van der Waals surface area contributed by atoms with Crippen molar-refractivity contribution in [3.63, 3.8) is 0 Å². The molecule has 1 aromatic carbocycles. The van der Waals surface area contributed by atoms with Crippen molar-refractivity contribution in [1.29, 1.82) is 0 Å². The monoisotopic (exact) mass is 199 g/mol. The average Bonchev–Trinajstić information content (AvgIpc) is 2.87. The van der Waals surface area contributed by atoms with E-state index in [2.05, 4.69) is 11.9 Å². The van der Waals surface area contributed by atoms with Gasteiger partial charge >= 0.3 is 0 Å². The number of aliphatic hydroxyl groups is 1. The molecule has 1 aliphatic carbocycles. The van der Waals surface area contributed by atoms with Crippen molar-refractivity contribution in [2.45, 2.75) is 18.9 Å². The SMILES string of the molecule is CC1CC1(O)c1cccc2ncccc12. The molecule has 0 aliphatic heterocycles. The molecule has 1 aromatic heterocycles. The molecular formula is C13H13NO. The van der Waals surface area contributed by atoms with Crippen LogP contribution in [-0.4, -0.2) is 10.1 Å². The van der Waals surface area contributed by atoms with Crippen LogP contribution >= 0.6 is 0 Å². The first kappa shape index (κ1) is 8.86. The zero-order valence-electron chi connectivity index (χ0n) is 8.64. The number of hydrogen-bond donors (Lipinski definition) is 1. The van der Waals surface area contributed by atoms with Crippen LogP contribution in [0.1, 0.15) is 18.9 Å². The molecule has 2 aromatic rings. The summed E-state index contributed by atoms with van der Waals surface area (Å²) in [6.45, 7) is 2.08. The minimum Gasteiger partial charge on any atom is -0.385 e. The van der Waals surface area contributed by atoms with E-state index in [1.165, 1.54) is 0 Å². The largest absolute Gasteiger partial charge is 0.385 e. The van der Waals surface area contributed by atoms with Gasteiger partial charge in [0.25, 0.3) is 0 Å². The van der Waals surface area contributed by atoms with Gasteiger partial charge in [0.1, 0.15) is 0 Å². The molecule has 15 heavy (non-hydrogen) atoms. The van der Waals surface area contributed by atoms with Gasteiger partial charge in [0.2, 0.25) is 0 Å². The first-order valence-corrected chi connectivity index (χ1v) is 5.28. The van der Waals surface area contributed by atoms with Crippen LogP contribution in [0.4, 0.5) is 0 Å². The average molecular weight is 199 g/mol. The normalized spacial score (nSPS) is 29.3. The highest BCUT2D eigenvalue weighted by atomic mass is 16.3. The van der Waals surface area contributed by atoms with Gasteiger partial charge in [-0.05, 0) is 30.0 Å². The Bertz CT molecular complexity index is 517. The van der Waals surface area contributed by atoms with E-state index in [4.69, 9.17) is 0 Å². The third kappa shape index (κ3) is 1.18. The highest BCUT2D eigenvalue weighted by Gasteiger charge is 2.51. The van der Waals surface area contributed by atoms with Crippen molar-refractivity contribution in [1.82, 2.24) is 4.98 Å². The van der Waals surface area contributed by atoms with E-state index in [0.717, 1.165) is 22.9 Å². The molecule has 1 fully saturated rings. The third-order valence-electron chi connectivity index (χ3n) is 3.38. The highest BCUT2D eigenvalue weighted by Crippen LogP contribution is 2.52. The van der Waals surface area contributed by atoms with Gasteiger partial charge in [-0.3, -0.25) is 4.98 Å². The number of hydrogen-bond acceptors (Lipinski definition) is 2. The van der Waals surface area contributed by atoms with Gasteiger partial charge in [-0.15, -0.1) is 0 Å². The second-order valence-electron chi connectivity index (χ2n) is 4.41. The number of aromatic nitrogens is 1. The van der Waals surface area contributed by atoms with Crippen molar-refractivity contribution in [3.05, 3.63) is 42.1 Å². The minimum absolute atomic E-state index is 0.364. The van der Waals surface area contributed by atoms with Crippen molar-refractivity contribution >= 4 is 10.9 Å². The first-order valence-electron chi connectivity index (χ1n) is 5.28. The van der Waals surface area contributed by atoms with Crippen LogP contribution in [0.2, 0.25) is 0 Å². The van der Waals surface area contributed by atoms with Crippen LogP contribution < -0.4 is 0 Å². The lowest BCUT2D eigenvalue weighted by molar-refractivity contribution is 0.136. The second-order valence-corrected chi connectivity index (χ2v) is 4.41. The van der Waals surface area contributed by atoms with Crippen LogP contribution in [-0.2, 0) is 5.60 Å². The van der Waals surface area contributed by atoms with E-state index in [0.29, 0.717) is 5.92 Å². The van der Waals surface area contributed by atoms with Gasteiger partial charge < -0.3 is 5.11 Å². The Labute approximate surface area is 88.6 Å². The fourth-order valence-corrected chi connectivity index (χ4v) is 2.26. The maximum atomic E-state index is 10.3. The molecule has 3 rings (SSSR count). The summed E-state index contributed by atoms with van der Waals surface area (Å²) in [4.78, 5) is 4.30. The Morgan fingerprint density at radius 3 is 2.87 bits per heavy atom. The Kier molecular flexibility index (Phi) is 1.65. The Hall–Kier alpha value is -1.41. The van der Waals surface area contributed by atoms with Gasteiger partial charge in [-0.25, -0.2) is 0 Å². The lowest BCUT2D eigenvalue weighted by atomic mass is 10.0. The van der Waals surface area contributed by atoms with Crippen LogP contribution in [0.3, 0.4) is 0 Å². The number of benzene rings is 1. The number of rotatable bonds is 1. The maximum absolute atomic E-state index is 10.3. The third-order valence-corrected chi connectivity index (χ3v) is 3.38. The standard InChI is InChI=1S/C13H13NO/c1-9-8-13(9,15)11-5-2-6-12-10(11)4-3-7-14-12/h2-7,9,15H,8H2,1H3. The molecule has 1 saturated carbocycles. The van der Waals surface area contributed by atoms with Gasteiger partial charge in [-0.2, -0.15) is 0 Å². The molecule has 0 bridgehead atoms. The molecule has 1 heterocycles. The van der Waals surface area contributed by atoms with Gasteiger partial charge in [0, 0.05) is 11.6 Å². The highest BCUT2D eigenvalue weighted by molar-refractivity contribution is 5.83. The molecule has 0 spiro atoms. The van der Waals surface area contributed by atoms with Crippen LogP contribution in [0.15, 0.2) is 36.5 Å². The molecule has 0 radical (unpaired) electrons. The van der Waals surface area contributed by atoms with Gasteiger partial charge in [0.05, 0.1) is 11.1 Å². The fourth-order valence-electron chi connectivity index (χ4n) is 2.26. The molecule has 76 valence electrons. The number of nitrogens with zero attached hydrogens (tertiary/aromatic N) is 1. The van der Waals surface area contributed by atoms with Crippen LogP contribution in [0.5, 0.6) is 0 Å². The summed E-state index contributed by atoms with van der Waals surface area (Å²) in [6, 6.07) is 9.90. The zero-order chi connectivity index (χ0) is 10.5. The molecule has 2 atom stereocenters. The molecule has 2 unspecified atom stereocenters. The quantitative estimate of drug-likeness (QED) is 0.765. The van der Waals surface area contributed by atoms with E-state index in [-0.39, 0.29) is 0 Å². The fraction of sp³-hybridized carbons (Fsp3) is 0.308. The summed E-state index contributed by atoms with van der Waals surface area (Å²) in [6.07, 6.45) is 2.65. The lowest BCUT2D eigenvalue weighted by Gasteiger charge is -2.12. The lowest BCUT2D eigenvalue weighted by Crippen LogP contribution is -2.08. The topological polar surface area (TPSA) is 33.1 Å². The number of fused-ring (bicyclic) bond motifs is 1. The molecular weight excluding hydrogens is 186 g/mol. The van der Waals surface area contributed by atoms with Crippen molar-refractivity contribution < 1.29 is 5.11 Å². The summed E-state index contributed by atoms with van der Waals surface area (Å²) >= 11 is 0. The van der Waals surface area contributed by atoms with Gasteiger partial charge in [-0.1, -0.05) is 25.1 Å². The number of pyridine rings is 1. The Morgan fingerprint density at radius 2 is 2.13 bits per heavy atom. The van der Waals surface area contributed by atoms with E-state index in [1.807, 2.05) is 30.3 Å². The summed E-state index contributed by atoms with van der Waals surface area (Å²) in [5.41, 5.74) is 1.38.